The number of nitrogens with one attached hydrogen (secondary N) is 2. The van der Waals surface area contributed by atoms with Gasteiger partial charge in [-0.25, -0.2) is 9.97 Å². The molecule has 2 atom stereocenters. The molecule has 2 heterocycles. The van der Waals surface area contributed by atoms with E-state index in [9.17, 15) is 9.59 Å². The fourth-order valence-corrected chi connectivity index (χ4v) is 3.74. The highest BCUT2D eigenvalue weighted by molar-refractivity contribution is 5.94. The van der Waals surface area contributed by atoms with Gasteiger partial charge in [0.05, 0.1) is 23.7 Å². The smallest absolute Gasteiger partial charge is 0.253 e. The van der Waals surface area contributed by atoms with E-state index < -0.39 is 6.04 Å². The molecule has 2 N–H and O–H groups in total. The summed E-state index contributed by atoms with van der Waals surface area (Å²) in [5.74, 6) is 0.288. The molecule has 8 heteroatoms. The molecule has 0 aliphatic heterocycles. The number of carbonyl (C=O) groups excluding carboxylic acids is 1. The van der Waals surface area contributed by atoms with Crippen LogP contribution in [0.1, 0.15) is 35.6 Å². The molecule has 1 unspecified atom stereocenters. The van der Waals surface area contributed by atoms with Crippen molar-refractivity contribution in [2.45, 2.75) is 18.9 Å². The second-order valence-electron chi connectivity index (χ2n) is 8.53. The highest BCUT2D eigenvalue weighted by atomic mass is 16.2. The normalized spacial score (nSPS) is 12.4. The molecular weight excluding hydrogens is 452 g/mol. The second kappa shape index (κ2) is 11.2. The Hall–Kier alpha value is -4.61. The van der Waals surface area contributed by atoms with Crippen LogP contribution in [0.2, 0.25) is 0 Å². The van der Waals surface area contributed by atoms with E-state index in [1.165, 1.54) is 17.0 Å². The topological polar surface area (TPSA) is 113 Å². The number of nitriles is 1. The summed E-state index contributed by atoms with van der Waals surface area (Å²) in [4.78, 5) is 33.8. The molecule has 0 bridgehead atoms. The quantitative estimate of drug-likeness (QED) is 0.398. The molecule has 0 fully saturated rings. The predicted octanol–water partition coefficient (Wildman–Crippen LogP) is 3.79. The molecular formula is C28H26N6O2. The molecule has 180 valence electrons. The zero-order valence-electron chi connectivity index (χ0n) is 20.1. The average Bonchev–Trinajstić information content (AvgIpc) is 2.91. The molecule has 0 spiro atoms. The monoisotopic (exact) mass is 478 g/mol. The number of rotatable bonds is 8. The van der Waals surface area contributed by atoms with E-state index >= 15 is 0 Å². The lowest BCUT2D eigenvalue weighted by molar-refractivity contribution is -0.118. The number of aryl methyl sites for hydroxylation is 1. The van der Waals surface area contributed by atoms with E-state index in [2.05, 4.69) is 33.6 Å². The number of nitrogens with zero attached hydrogens (tertiary/aromatic N) is 4. The maximum absolute atomic E-state index is 13.3. The standard InChI is InChI=1S/C28H26N6O2/c1-19(21-10-8-20(15-29)9-11-21)16-31-27(22-6-4-3-5-7-22)28(36)33-25-13-12-23(17-30-25)24-14-26(35)34(2)18-32-24/h3-14,17-19,27,31H,16H2,1-2H3,(H,30,33,36)/t19?,27-/m0/s1. The molecule has 4 aromatic rings. The van der Waals surface area contributed by atoms with Gasteiger partial charge in [-0.1, -0.05) is 49.4 Å². The van der Waals surface area contributed by atoms with Crippen LogP contribution in [0.25, 0.3) is 11.3 Å². The molecule has 1 amide bonds. The Balaban J connectivity index is 1.47. The lowest BCUT2D eigenvalue weighted by Gasteiger charge is -2.21. The lowest BCUT2D eigenvalue weighted by Crippen LogP contribution is -2.35. The maximum atomic E-state index is 13.3. The Morgan fingerprint density at radius 2 is 1.78 bits per heavy atom. The van der Waals surface area contributed by atoms with Crippen molar-refractivity contribution in [2.75, 3.05) is 11.9 Å². The molecule has 0 saturated carbocycles. The summed E-state index contributed by atoms with van der Waals surface area (Å²) in [6.45, 7) is 2.62. The number of amides is 1. The summed E-state index contributed by atoms with van der Waals surface area (Å²) in [5.41, 5.74) is 3.57. The number of carbonyl (C=O) groups is 1. The zero-order valence-corrected chi connectivity index (χ0v) is 20.1. The first kappa shape index (κ1) is 24.5. The Morgan fingerprint density at radius 1 is 1.03 bits per heavy atom. The van der Waals surface area contributed by atoms with Crippen molar-refractivity contribution in [3.63, 3.8) is 0 Å². The highest BCUT2D eigenvalue weighted by Gasteiger charge is 2.22. The summed E-state index contributed by atoms with van der Waals surface area (Å²) in [6.07, 6.45) is 3.04. The van der Waals surface area contributed by atoms with Gasteiger partial charge in [0.25, 0.3) is 5.56 Å². The fraction of sp³-hybridized carbons (Fsp3) is 0.179. The average molecular weight is 479 g/mol. The van der Waals surface area contributed by atoms with Crippen molar-refractivity contribution in [1.82, 2.24) is 19.9 Å². The minimum atomic E-state index is -0.590. The molecule has 8 nitrogen and oxygen atoms in total. The molecule has 0 radical (unpaired) electrons. The van der Waals surface area contributed by atoms with Crippen LogP contribution in [0.15, 0.2) is 90.1 Å². The molecule has 0 saturated heterocycles. The zero-order chi connectivity index (χ0) is 25.5. The molecule has 0 aliphatic carbocycles. The minimum Gasteiger partial charge on any atom is -0.309 e. The van der Waals surface area contributed by atoms with Gasteiger partial charge in [0.2, 0.25) is 5.91 Å². The number of anilines is 1. The SMILES string of the molecule is CC(CN[C@H](C(=O)Nc1ccc(-c2cc(=O)n(C)cn2)cn1)c1ccccc1)c1ccc(C#N)cc1. The van der Waals surface area contributed by atoms with Gasteiger partial charge < -0.3 is 15.2 Å². The van der Waals surface area contributed by atoms with Crippen molar-refractivity contribution in [1.29, 1.82) is 5.26 Å². The molecule has 2 aromatic heterocycles. The minimum absolute atomic E-state index is 0.125. The third kappa shape index (κ3) is 5.90. The van der Waals surface area contributed by atoms with Gasteiger partial charge in [-0.3, -0.25) is 9.59 Å². The summed E-state index contributed by atoms with van der Waals surface area (Å²) in [5, 5.41) is 15.3. The Kier molecular flexibility index (Phi) is 7.63. The third-order valence-corrected chi connectivity index (χ3v) is 5.92. The molecule has 4 rings (SSSR count). The van der Waals surface area contributed by atoms with Gasteiger partial charge >= 0.3 is 0 Å². The summed E-state index contributed by atoms with van der Waals surface area (Å²) < 4.78 is 1.39. The van der Waals surface area contributed by atoms with E-state index in [4.69, 9.17) is 5.26 Å². The van der Waals surface area contributed by atoms with Crippen molar-refractivity contribution in [3.05, 3.63) is 112 Å². The number of benzene rings is 2. The van der Waals surface area contributed by atoms with Gasteiger partial charge in [0, 0.05) is 31.4 Å². The van der Waals surface area contributed by atoms with E-state index in [-0.39, 0.29) is 17.4 Å². The van der Waals surface area contributed by atoms with Crippen LogP contribution in [-0.4, -0.2) is 27.0 Å². The van der Waals surface area contributed by atoms with E-state index in [1.807, 2.05) is 42.5 Å². The highest BCUT2D eigenvalue weighted by Crippen LogP contribution is 2.21. The third-order valence-electron chi connectivity index (χ3n) is 5.92. The number of hydrogen-bond donors (Lipinski definition) is 2. The number of hydrogen-bond acceptors (Lipinski definition) is 6. The van der Waals surface area contributed by atoms with Crippen LogP contribution < -0.4 is 16.2 Å². The van der Waals surface area contributed by atoms with Gasteiger partial charge in [-0.2, -0.15) is 5.26 Å². The van der Waals surface area contributed by atoms with Crippen LogP contribution in [0, 0.1) is 11.3 Å². The van der Waals surface area contributed by atoms with Crippen LogP contribution in [0.4, 0.5) is 5.82 Å². The lowest BCUT2D eigenvalue weighted by atomic mass is 9.98. The summed E-state index contributed by atoms with van der Waals surface area (Å²) in [7, 11) is 1.64. The second-order valence-corrected chi connectivity index (χ2v) is 8.53. The van der Waals surface area contributed by atoms with Crippen molar-refractivity contribution in [3.8, 4) is 17.3 Å². The first-order valence-electron chi connectivity index (χ1n) is 11.5. The first-order chi connectivity index (χ1) is 17.4. The van der Waals surface area contributed by atoms with Gasteiger partial charge in [-0.15, -0.1) is 0 Å². The van der Waals surface area contributed by atoms with Crippen molar-refractivity contribution >= 4 is 11.7 Å². The van der Waals surface area contributed by atoms with Gasteiger partial charge in [0.1, 0.15) is 11.9 Å². The van der Waals surface area contributed by atoms with Crippen LogP contribution in [-0.2, 0) is 11.8 Å². The Bertz CT molecular complexity index is 1420. The van der Waals surface area contributed by atoms with Crippen LogP contribution in [0.3, 0.4) is 0 Å². The van der Waals surface area contributed by atoms with Gasteiger partial charge in [-0.05, 0) is 41.3 Å². The number of aromatic nitrogens is 3. The first-order valence-corrected chi connectivity index (χ1v) is 11.5. The maximum Gasteiger partial charge on any atom is 0.253 e. The van der Waals surface area contributed by atoms with Crippen LogP contribution >= 0.6 is 0 Å². The fourth-order valence-electron chi connectivity index (χ4n) is 3.74. The Labute approximate surface area is 209 Å². The summed E-state index contributed by atoms with van der Waals surface area (Å²) in [6, 6.07) is 23.4. The van der Waals surface area contributed by atoms with Crippen molar-refractivity contribution < 1.29 is 4.79 Å². The summed E-state index contributed by atoms with van der Waals surface area (Å²) >= 11 is 0. The molecule has 0 aliphatic rings. The van der Waals surface area contributed by atoms with E-state index in [0.29, 0.717) is 29.2 Å². The van der Waals surface area contributed by atoms with E-state index in [1.54, 1.807) is 37.5 Å². The van der Waals surface area contributed by atoms with Crippen LogP contribution in [0.5, 0.6) is 0 Å². The molecule has 36 heavy (non-hydrogen) atoms. The van der Waals surface area contributed by atoms with Crippen molar-refractivity contribution in [2.24, 2.45) is 7.05 Å². The van der Waals surface area contributed by atoms with Gasteiger partial charge in [0.15, 0.2) is 0 Å². The Morgan fingerprint density at radius 3 is 2.42 bits per heavy atom. The number of pyridine rings is 1. The predicted molar refractivity (Wildman–Crippen MR) is 138 cm³/mol. The molecule has 2 aromatic carbocycles. The largest absolute Gasteiger partial charge is 0.309 e. The van der Waals surface area contributed by atoms with E-state index in [0.717, 1.165) is 11.1 Å².